The number of aromatic nitrogens is 3. The first-order valence-corrected chi connectivity index (χ1v) is 9.57. The molecule has 1 aliphatic rings. The van der Waals surface area contributed by atoms with E-state index in [1.54, 1.807) is 0 Å². The van der Waals surface area contributed by atoms with E-state index < -0.39 is 0 Å². The van der Waals surface area contributed by atoms with E-state index in [0.29, 0.717) is 5.92 Å². The molecule has 0 N–H and O–H groups in total. The Hall–Kier alpha value is -2.82. The smallest absolute Gasteiger partial charge is 0.255 e. The first-order chi connectivity index (χ1) is 13.1. The lowest BCUT2D eigenvalue weighted by atomic mass is 9.96. The van der Waals surface area contributed by atoms with Crippen LogP contribution in [0.2, 0.25) is 0 Å². The van der Waals surface area contributed by atoms with Gasteiger partial charge in [0.05, 0.1) is 5.56 Å². The molecule has 1 amide bonds. The highest BCUT2D eigenvalue weighted by Gasteiger charge is 2.29. The second-order valence-electron chi connectivity index (χ2n) is 7.44. The molecule has 3 aromatic rings. The number of aryl methyl sites for hydroxylation is 2. The summed E-state index contributed by atoms with van der Waals surface area (Å²) in [5.41, 5.74) is 3.98. The normalized spacial score (nSPS) is 17.3. The molecule has 0 saturated carbocycles. The van der Waals surface area contributed by atoms with Gasteiger partial charge in [0.1, 0.15) is 5.82 Å². The highest BCUT2D eigenvalue weighted by molar-refractivity contribution is 5.96. The molecule has 1 aliphatic heterocycles. The molecule has 4 rings (SSSR count). The van der Waals surface area contributed by atoms with Crippen LogP contribution in [-0.2, 0) is 7.05 Å². The summed E-state index contributed by atoms with van der Waals surface area (Å²) in [5.74, 6) is 1.51. The number of hydrogen-bond acceptors (Lipinski definition) is 2. The number of para-hydroxylation sites is 1. The third kappa shape index (κ3) is 3.18. The molecular formula is C22H26N4O. The molecule has 1 aromatic carbocycles. The van der Waals surface area contributed by atoms with Gasteiger partial charge in [-0.1, -0.05) is 18.2 Å². The van der Waals surface area contributed by atoms with Gasteiger partial charge < -0.3 is 14.0 Å². The third-order valence-corrected chi connectivity index (χ3v) is 5.61. The van der Waals surface area contributed by atoms with E-state index in [9.17, 15) is 4.79 Å². The maximum absolute atomic E-state index is 13.3. The largest absolute Gasteiger partial charge is 0.338 e. The van der Waals surface area contributed by atoms with Crippen molar-refractivity contribution in [2.45, 2.75) is 32.6 Å². The van der Waals surface area contributed by atoms with Gasteiger partial charge in [0.2, 0.25) is 0 Å². The fourth-order valence-electron chi connectivity index (χ4n) is 4.27. The Morgan fingerprint density at radius 3 is 2.67 bits per heavy atom. The van der Waals surface area contributed by atoms with Crippen LogP contribution in [0.1, 0.15) is 46.3 Å². The Morgan fingerprint density at radius 2 is 1.96 bits per heavy atom. The number of amides is 1. The van der Waals surface area contributed by atoms with Crippen molar-refractivity contribution in [3.8, 4) is 5.69 Å². The van der Waals surface area contributed by atoms with Crippen molar-refractivity contribution in [2.75, 3.05) is 13.1 Å². The lowest BCUT2D eigenvalue weighted by Gasteiger charge is -2.32. The number of nitrogens with zero attached hydrogens (tertiary/aromatic N) is 4. The minimum absolute atomic E-state index is 0.129. The number of benzene rings is 1. The van der Waals surface area contributed by atoms with Crippen LogP contribution >= 0.6 is 0 Å². The van der Waals surface area contributed by atoms with E-state index in [0.717, 1.165) is 54.4 Å². The van der Waals surface area contributed by atoms with Gasteiger partial charge in [-0.05, 0) is 44.9 Å². The van der Waals surface area contributed by atoms with E-state index in [-0.39, 0.29) is 5.91 Å². The van der Waals surface area contributed by atoms with E-state index in [1.807, 2.05) is 55.5 Å². The fourth-order valence-corrected chi connectivity index (χ4v) is 4.27. The van der Waals surface area contributed by atoms with Gasteiger partial charge >= 0.3 is 0 Å². The molecule has 5 nitrogen and oxygen atoms in total. The number of piperidine rings is 1. The van der Waals surface area contributed by atoms with Gasteiger partial charge in [-0.2, -0.15) is 0 Å². The number of carbonyl (C=O) groups is 1. The molecule has 0 aliphatic carbocycles. The average Bonchev–Trinajstić information content (AvgIpc) is 3.24. The van der Waals surface area contributed by atoms with E-state index >= 15 is 0 Å². The number of imidazole rings is 1. The second kappa shape index (κ2) is 7.06. The van der Waals surface area contributed by atoms with Gasteiger partial charge in [0, 0.05) is 55.5 Å². The van der Waals surface area contributed by atoms with Crippen molar-refractivity contribution in [2.24, 2.45) is 7.05 Å². The van der Waals surface area contributed by atoms with Crippen molar-refractivity contribution in [1.29, 1.82) is 0 Å². The van der Waals surface area contributed by atoms with Crippen molar-refractivity contribution >= 4 is 5.91 Å². The third-order valence-electron chi connectivity index (χ3n) is 5.61. The number of carbonyl (C=O) groups excluding carboxylic acids is 1. The Balaban J connectivity index is 1.61. The fraction of sp³-hybridized carbons (Fsp3) is 0.364. The number of likely N-dealkylation sites (tertiary alicyclic amines) is 1. The Morgan fingerprint density at radius 1 is 1.19 bits per heavy atom. The first kappa shape index (κ1) is 17.6. The molecule has 0 spiro atoms. The van der Waals surface area contributed by atoms with Crippen LogP contribution in [-0.4, -0.2) is 38.0 Å². The molecular weight excluding hydrogens is 336 g/mol. The minimum Gasteiger partial charge on any atom is -0.338 e. The molecule has 1 fully saturated rings. The van der Waals surface area contributed by atoms with Crippen LogP contribution in [0, 0.1) is 13.8 Å². The topological polar surface area (TPSA) is 43.1 Å². The highest BCUT2D eigenvalue weighted by atomic mass is 16.2. The maximum atomic E-state index is 13.3. The summed E-state index contributed by atoms with van der Waals surface area (Å²) >= 11 is 0. The maximum Gasteiger partial charge on any atom is 0.255 e. The van der Waals surface area contributed by atoms with Crippen LogP contribution in [0.3, 0.4) is 0 Å². The summed E-state index contributed by atoms with van der Waals surface area (Å²) in [5, 5.41) is 0. The van der Waals surface area contributed by atoms with E-state index in [1.165, 1.54) is 0 Å². The molecule has 0 bridgehead atoms. The SMILES string of the molecule is Cc1cc(C(=O)N2CCCC(c3nccn3C)C2)c(C)n1-c1ccccc1. The zero-order chi connectivity index (χ0) is 19.0. The quantitative estimate of drug-likeness (QED) is 0.710. The number of rotatable bonds is 3. The van der Waals surface area contributed by atoms with Gasteiger partial charge in [-0.15, -0.1) is 0 Å². The summed E-state index contributed by atoms with van der Waals surface area (Å²) in [4.78, 5) is 19.8. The van der Waals surface area contributed by atoms with Crippen LogP contribution in [0.4, 0.5) is 0 Å². The van der Waals surface area contributed by atoms with Gasteiger partial charge in [-0.25, -0.2) is 4.98 Å². The molecule has 1 unspecified atom stereocenters. The molecule has 5 heteroatoms. The molecule has 1 atom stereocenters. The molecule has 3 heterocycles. The summed E-state index contributed by atoms with van der Waals surface area (Å²) < 4.78 is 4.23. The van der Waals surface area contributed by atoms with Crippen LogP contribution in [0.25, 0.3) is 5.69 Å². The van der Waals surface area contributed by atoms with Crippen LogP contribution < -0.4 is 0 Å². The second-order valence-corrected chi connectivity index (χ2v) is 7.44. The Labute approximate surface area is 160 Å². The van der Waals surface area contributed by atoms with E-state index in [4.69, 9.17) is 0 Å². The molecule has 2 aromatic heterocycles. The zero-order valence-corrected chi connectivity index (χ0v) is 16.2. The number of hydrogen-bond donors (Lipinski definition) is 0. The summed E-state index contributed by atoms with van der Waals surface area (Å²) in [7, 11) is 2.02. The van der Waals surface area contributed by atoms with Crippen LogP contribution in [0.15, 0.2) is 48.8 Å². The van der Waals surface area contributed by atoms with Crippen LogP contribution in [0.5, 0.6) is 0 Å². The lowest BCUT2D eigenvalue weighted by molar-refractivity contribution is 0.0703. The average molecular weight is 362 g/mol. The first-order valence-electron chi connectivity index (χ1n) is 9.57. The predicted molar refractivity (Wildman–Crippen MR) is 106 cm³/mol. The van der Waals surface area contributed by atoms with Gasteiger partial charge in [0.25, 0.3) is 5.91 Å². The monoisotopic (exact) mass is 362 g/mol. The van der Waals surface area contributed by atoms with Crippen molar-refractivity contribution in [3.63, 3.8) is 0 Å². The van der Waals surface area contributed by atoms with E-state index in [2.05, 4.69) is 33.2 Å². The van der Waals surface area contributed by atoms with Crippen molar-refractivity contribution < 1.29 is 4.79 Å². The Bertz CT molecular complexity index is 954. The van der Waals surface area contributed by atoms with Crippen molar-refractivity contribution in [3.05, 3.63) is 71.6 Å². The summed E-state index contributed by atoms with van der Waals surface area (Å²) in [6.07, 6.45) is 5.91. The van der Waals surface area contributed by atoms with Crippen molar-refractivity contribution in [1.82, 2.24) is 19.0 Å². The van der Waals surface area contributed by atoms with Gasteiger partial charge in [0.15, 0.2) is 0 Å². The molecule has 1 saturated heterocycles. The molecule has 140 valence electrons. The standard InChI is InChI=1S/C22H26N4O/c1-16-14-20(17(2)26(16)19-9-5-4-6-10-19)22(27)25-12-7-8-18(15-25)21-23-11-13-24(21)3/h4-6,9-11,13-14,18H,7-8,12,15H2,1-3H3. The molecule has 0 radical (unpaired) electrons. The highest BCUT2D eigenvalue weighted by Crippen LogP contribution is 2.28. The summed E-state index contributed by atoms with van der Waals surface area (Å²) in [6, 6.07) is 12.2. The zero-order valence-electron chi connectivity index (χ0n) is 16.2. The predicted octanol–water partition coefficient (Wildman–Crippen LogP) is 3.85. The summed E-state index contributed by atoms with van der Waals surface area (Å²) in [6.45, 7) is 5.64. The lowest BCUT2D eigenvalue weighted by Crippen LogP contribution is -2.39. The van der Waals surface area contributed by atoms with Gasteiger partial charge in [-0.3, -0.25) is 4.79 Å². The molecule has 27 heavy (non-hydrogen) atoms. The minimum atomic E-state index is 0.129. The Kier molecular flexibility index (Phi) is 4.60.